The zero-order chi connectivity index (χ0) is 12.9. The molecule has 0 heterocycles. The Kier molecular flexibility index (Phi) is 5.89. The lowest BCUT2D eigenvalue weighted by Gasteiger charge is -2.32. The number of sulfonamides is 1. The molecule has 1 aliphatic carbocycles. The summed E-state index contributed by atoms with van der Waals surface area (Å²) in [5, 5.41) is 2.79. The zero-order valence-electron chi connectivity index (χ0n) is 11.2. The maximum Gasteiger partial charge on any atom is 0.215 e. The van der Waals surface area contributed by atoms with E-state index >= 15 is 0 Å². The van der Waals surface area contributed by atoms with Gasteiger partial charge >= 0.3 is 0 Å². The van der Waals surface area contributed by atoms with Crippen molar-refractivity contribution in [2.75, 3.05) is 13.1 Å². The van der Waals surface area contributed by atoms with Crippen LogP contribution in [0.15, 0.2) is 0 Å². The van der Waals surface area contributed by atoms with E-state index in [1.807, 2.05) is 6.92 Å². The molecule has 1 rings (SSSR count). The van der Waals surface area contributed by atoms with Crippen molar-refractivity contribution in [2.45, 2.75) is 57.7 Å². The van der Waals surface area contributed by atoms with Gasteiger partial charge in [0.1, 0.15) is 0 Å². The molecule has 2 unspecified atom stereocenters. The first-order valence-electron chi connectivity index (χ1n) is 6.69. The average Bonchev–Trinajstić information content (AvgIpc) is 2.14. The van der Waals surface area contributed by atoms with Gasteiger partial charge in [-0.2, -0.15) is 0 Å². The Bertz CT molecular complexity index is 312. The first kappa shape index (κ1) is 14.9. The Hall–Kier alpha value is -0.130. The summed E-state index contributed by atoms with van der Waals surface area (Å²) < 4.78 is 26.9. The van der Waals surface area contributed by atoms with Gasteiger partial charge in [-0.25, -0.2) is 13.1 Å². The summed E-state index contributed by atoms with van der Waals surface area (Å²) >= 11 is 0. The van der Waals surface area contributed by atoms with E-state index in [4.69, 9.17) is 0 Å². The minimum Gasteiger partial charge on any atom is -0.315 e. The van der Waals surface area contributed by atoms with E-state index in [2.05, 4.69) is 17.0 Å². The fourth-order valence-electron chi connectivity index (χ4n) is 2.00. The molecule has 4 nitrogen and oxygen atoms in total. The quantitative estimate of drug-likeness (QED) is 0.652. The molecule has 0 radical (unpaired) electrons. The molecule has 0 aromatic heterocycles. The van der Waals surface area contributed by atoms with Gasteiger partial charge in [-0.3, -0.25) is 0 Å². The largest absolute Gasteiger partial charge is 0.315 e. The molecular weight excluding hydrogens is 236 g/mol. The van der Waals surface area contributed by atoms with Crippen LogP contribution in [-0.2, 0) is 10.0 Å². The second-order valence-electron chi connectivity index (χ2n) is 5.16. The number of nitrogens with one attached hydrogen (secondary N) is 2. The molecule has 0 spiro atoms. The third-order valence-corrected chi connectivity index (χ3v) is 5.52. The highest BCUT2D eigenvalue weighted by atomic mass is 32.2. The summed E-state index contributed by atoms with van der Waals surface area (Å²) in [6.07, 6.45) is 4.58. The molecule has 17 heavy (non-hydrogen) atoms. The molecule has 1 fully saturated rings. The lowest BCUT2D eigenvalue weighted by atomic mass is 9.81. The van der Waals surface area contributed by atoms with Crippen molar-refractivity contribution in [3.8, 4) is 0 Å². The highest BCUT2D eigenvalue weighted by molar-refractivity contribution is 7.90. The summed E-state index contributed by atoms with van der Waals surface area (Å²) in [6.45, 7) is 7.22. The molecule has 102 valence electrons. The zero-order valence-corrected chi connectivity index (χ0v) is 12.0. The molecule has 5 heteroatoms. The molecular formula is C12H26N2O2S. The fourth-order valence-corrected chi connectivity index (χ4v) is 3.28. The van der Waals surface area contributed by atoms with Crippen molar-refractivity contribution in [3.05, 3.63) is 0 Å². The van der Waals surface area contributed by atoms with Crippen molar-refractivity contribution in [1.29, 1.82) is 0 Å². The van der Waals surface area contributed by atoms with Crippen LogP contribution in [0.3, 0.4) is 0 Å². The van der Waals surface area contributed by atoms with Crippen LogP contribution in [0, 0.1) is 5.92 Å². The van der Waals surface area contributed by atoms with E-state index in [1.54, 1.807) is 6.92 Å². The van der Waals surface area contributed by atoms with Gasteiger partial charge in [0.05, 0.1) is 5.25 Å². The lowest BCUT2D eigenvalue weighted by molar-refractivity contribution is 0.260. The summed E-state index contributed by atoms with van der Waals surface area (Å²) in [6, 6.07) is 0.0855. The van der Waals surface area contributed by atoms with E-state index < -0.39 is 10.0 Å². The maximum absolute atomic E-state index is 12.0. The second-order valence-corrected chi connectivity index (χ2v) is 7.29. The van der Waals surface area contributed by atoms with E-state index in [1.165, 1.54) is 6.42 Å². The first-order chi connectivity index (χ1) is 7.97. The van der Waals surface area contributed by atoms with Gasteiger partial charge in [-0.05, 0) is 45.6 Å². The molecule has 1 saturated carbocycles. The van der Waals surface area contributed by atoms with Crippen molar-refractivity contribution in [2.24, 2.45) is 5.92 Å². The highest BCUT2D eigenvalue weighted by Gasteiger charge is 2.29. The monoisotopic (exact) mass is 262 g/mol. The molecule has 0 bridgehead atoms. The van der Waals surface area contributed by atoms with Gasteiger partial charge in [-0.1, -0.05) is 13.3 Å². The van der Waals surface area contributed by atoms with Crippen LogP contribution in [0.1, 0.15) is 46.5 Å². The molecule has 1 aliphatic rings. The normalized spacial score (nSPS) is 20.9. The highest BCUT2D eigenvalue weighted by Crippen LogP contribution is 2.29. The van der Waals surface area contributed by atoms with Crippen molar-refractivity contribution in [3.63, 3.8) is 0 Å². The summed E-state index contributed by atoms with van der Waals surface area (Å²) in [5.41, 5.74) is 0. The third kappa shape index (κ3) is 4.56. The van der Waals surface area contributed by atoms with Crippen LogP contribution < -0.4 is 10.0 Å². The van der Waals surface area contributed by atoms with Crippen LogP contribution in [0.4, 0.5) is 0 Å². The second kappa shape index (κ2) is 6.71. The number of hydrogen-bond donors (Lipinski definition) is 2. The predicted octanol–water partition coefficient (Wildman–Crippen LogP) is 1.48. The summed E-state index contributed by atoms with van der Waals surface area (Å²) in [4.78, 5) is 0. The SMILES string of the molecule is CCCNCC(C)S(=O)(=O)NC(C)C1CCC1. The van der Waals surface area contributed by atoms with Crippen molar-refractivity contribution in [1.82, 2.24) is 10.0 Å². The lowest BCUT2D eigenvalue weighted by Crippen LogP contribution is -2.46. The predicted molar refractivity (Wildman–Crippen MR) is 71.5 cm³/mol. The molecule has 2 atom stereocenters. The van der Waals surface area contributed by atoms with E-state index in [0.29, 0.717) is 12.5 Å². The topological polar surface area (TPSA) is 58.2 Å². The van der Waals surface area contributed by atoms with Gasteiger partial charge in [0.15, 0.2) is 0 Å². The van der Waals surface area contributed by atoms with Gasteiger partial charge in [0.25, 0.3) is 0 Å². The van der Waals surface area contributed by atoms with E-state index in [-0.39, 0.29) is 11.3 Å². The Labute approximate surface area is 106 Å². The Balaban J connectivity index is 2.37. The standard InChI is InChI=1S/C12H26N2O2S/c1-4-8-13-9-10(2)17(15,16)14-11(3)12-6-5-7-12/h10-14H,4-9H2,1-3H3. The van der Waals surface area contributed by atoms with Crippen LogP contribution in [0.25, 0.3) is 0 Å². The molecule has 0 aliphatic heterocycles. The fraction of sp³-hybridized carbons (Fsp3) is 1.00. The summed E-state index contributed by atoms with van der Waals surface area (Å²) in [7, 11) is -3.17. The molecule has 2 N–H and O–H groups in total. The minimum absolute atomic E-state index is 0.0855. The van der Waals surface area contributed by atoms with Gasteiger partial charge in [0, 0.05) is 12.6 Å². The Morgan fingerprint density at radius 1 is 1.29 bits per heavy atom. The minimum atomic E-state index is -3.17. The van der Waals surface area contributed by atoms with Crippen LogP contribution in [0.2, 0.25) is 0 Å². The third-order valence-electron chi connectivity index (χ3n) is 3.60. The maximum atomic E-state index is 12.0. The number of hydrogen-bond acceptors (Lipinski definition) is 3. The average molecular weight is 262 g/mol. The first-order valence-corrected chi connectivity index (χ1v) is 8.24. The van der Waals surface area contributed by atoms with Crippen LogP contribution in [-0.4, -0.2) is 32.8 Å². The number of rotatable bonds is 8. The van der Waals surface area contributed by atoms with Gasteiger partial charge in [0.2, 0.25) is 10.0 Å². The van der Waals surface area contributed by atoms with E-state index in [9.17, 15) is 8.42 Å². The molecule has 0 aromatic rings. The van der Waals surface area contributed by atoms with Crippen molar-refractivity contribution < 1.29 is 8.42 Å². The Morgan fingerprint density at radius 2 is 1.94 bits per heavy atom. The van der Waals surface area contributed by atoms with Crippen LogP contribution in [0.5, 0.6) is 0 Å². The summed E-state index contributed by atoms with van der Waals surface area (Å²) in [5.74, 6) is 0.542. The molecule has 0 aromatic carbocycles. The molecule has 0 amide bonds. The molecule has 0 saturated heterocycles. The van der Waals surface area contributed by atoms with Crippen LogP contribution >= 0.6 is 0 Å². The van der Waals surface area contributed by atoms with E-state index in [0.717, 1.165) is 25.8 Å². The Morgan fingerprint density at radius 3 is 2.41 bits per heavy atom. The van der Waals surface area contributed by atoms with Gasteiger partial charge in [-0.15, -0.1) is 0 Å². The van der Waals surface area contributed by atoms with Crippen molar-refractivity contribution >= 4 is 10.0 Å². The smallest absolute Gasteiger partial charge is 0.215 e. The van der Waals surface area contributed by atoms with Gasteiger partial charge < -0.3 is 5.32 Å².